The Morgan fingerprint density at radius 3 is 2.56 bits per heavy atom. The van der Waals surface area contributed by atoms with Crippen LogP contribution >= 0.6 is 0 Å². The summed E-state index contributed by atoms with van der Waals surface area (Å²) in [6.45, 7) is 3.43. The molecule has 0 aliphatic heterocycles. The van der Waals surface area contributed by atoms with E-state index in [0.29, 0.717) is 22.6 Å². The Hall–Kier alpha value is -4.73. The van der Waals surface area contributed by atoms with E-state index in [4.69, 9.17) is 9.47 Å². The molecule has 0 spiro atoms. The number of carbonyl (C=O) groups is 3. The number of esters is 1. The standard InChI is InChI=1S/C26H25N5O5/c1-4-36-26(34)19-14-28-31(21-13-16(2)18-11-8-12-20(35-3)23(18)29-21)24(19)30-22(32)15-27-25(33)17-9-6-5-7-10-17/h5-14H,4,15H2,1-3H3,(H,27,33)(H,30,32). The van der Waals surface area contributed by atoms with Crippen molar-refractivity contribution >= 4 is 34.5 Å². The number of aromatic nitrogens is 3. The Balaban J connectivity index is 1.67. The molecular weight excluding hydrogens is 462 g/mol. The lowest BCUT2D eigenvalue weighted by molar-refractivity contribution is -0.115. The minimum atomic E-state index is -0.650. The number of rotatable bonds is 8. The van der Waals surface area contributed by atoms with E-state index >= 15 is 0 Å². The van der Waals surface area contributed by atoms with E-state index in [2.05, 4.69) is 20.7 Å². The number of carbonyl (C=O) groups excluding carboxylic acids is 3. The lowest BCUT2D eigenvalue weighted by atomic mass is 10.1. The summed E-state index contributed by atoms with van der Waals surface area (Å²) in [5.74, 6) is -0.588. The SMILES string of the molecule is CCOC(=O)c1cnn(-c2cc(C)c3cccc(OC)c3n2)c1NC(=O)CNC(=O)c1ccccc1. The first-order valence-corrected chi connectivity index (χ1v) is 11.3. The highest BCUT2D eigenvalue weighted by Crippen LogP contribution is 2.29. The zero-order valence-electron chi connectivity index (χ0n) is 20.1. The lowest BCUT2D eigenvalue weighted by Gasteiger charge is -2.13. The van der Waals surface area contributed by atoms with Gasteiger partial charge in [-0.3, -0.25) is 9.59 Å². The van der Waals surface area contributed by atoms with Gasteiger partial charge in [-0.05, 0) is 43.7 Å². The van der Waals surface area contributed by atoms with E-state index < -0.39 is 17.8 Å². The topological polar surface area (TPSA) is 124 Å². The zero-order chi connectivity index (χ0) is 25.7. The number of para-hydroxylation sites is 1. The van der Waals surface area contributed by atoms with Crippen molar-refractivity contribution in [1.29, 1.82) is 0 Å². The van der Waals surface area contributed by atoms with Crippen LogP contribution in [0.4, 0.5) is 5.82 Å². The predicted molar refractivity (Wildman–Crippen MR) is 134 cm³/mol. The van der Waals surface area contributed by atoms with E-state index in [1.54, 1.807) is 56.5 Å². The lowest BCUT2D eigenvalue weighted by Crippen LogP contribution is -2.33. The van der Waals surface area contributed by atoms with Gasteiger partial charge in [0.1, 0.15) is 16.8 Å². The molecule has 0 saturated heterocycles. The highest BCUT2D eigenvalue weighted by atomic mass is 16.5. The van der Waals surface area contributed by atoms with E-state index in [-0.39, 0.29) is 24.5 Å². The second kappa shape index (κ2) is 10.7. The number of aryl methyl sites for hydroxylation is 1. The molecule has 0 aliphatic carbocycles. The number of nitrogens with zero attached hydrogens (tertiary/aromatic N) is 3. The first-order valence-electron chi connectivity index (χ1n) is 11.3. The number of nitrogens with one attached hydrogen (secondary N) is 2. The van der Waals surface area contributed by atoms with Crippen LogP contribution in [0.15, 0.2) is 60.8 Å². The second-order valence-corrected chi connectivity index (χ2v) is 7.79. The van der Waals surface area contributed by atoms with Gasteiger partial charge in [0.05, 0.1) is 26.5 Å². The maximum absolute atomic E-state index is 12.8. The van der Waals surface area contributed by atoms with Crippen molar-refractivity contribution in [2.45, 2.75) is 13.8 Å². The van der Waals surface area contributed by atoms with Crippen molar-refractivity contribution in [2.24, 2.45) is 0 Å². The molecule has 10 nitrogen and oxygen atoms in total. The normalized spacial score (nSPS) is 10.6. The van der Waals surface area contributed by atoms with Crippen LogP contribution in [-0.4, -0.2) is 52.8 Å². The number of anilines is 1. The van der Waals surface area contributed by atoms with Gasteiger partial charge in [-0.25, -0.2) is 9.78 Å². The number of methoxy groups -OCH3 is 1. The number of benzene rings is 2. The minimum Gasteiger partial charge on any atom is -0.494 e. The summed E-state index contributed by atoms with van der Waals surface area (Å²) in [5, 5.41) is 10.4. The van der Waals surface area contributed by atoms with Crippen molar-refractivity contribution in [1.82, 2.24) is 20.1 Å². The highest BCUT2D eigenvalue weighted by molar-refractivity contribution is 6.03. The smallest absolute Gasteiger partial charge is 0.343 e. The predicted octanol–water partition coefficient (Wildman–Crippen LogP) is 3.28. The summed E-state index contributed by atoms with van der Waals surface area (Å²) in [6.07, 6.45) is 1.31. The monoisotopic (exact) mass is 487 g/mol. The first-order chi connectivity index (χ1) is 17.4. The molecule has 0 unspecified atom stereocenters. The van der Waals surface area contributed by atoms with Crippen LogP contribution in [0.3, 0.4) is 0 Å². The average Bonchev–Trinajstić information content (AvgIpc) is 3.31. The molecule has 0 fully saturated rings. The van der Waals surface area contributed by atoms with Crippen molar-refractivity contribution < 1.29 is 23.9 Å². The van der Waals surface area contributed by atoms with Crippen LogP contribution in [0.5, 0.6) is 5.75 Å². The van der Waals surface area contributed by atoms with Gasteiger partial charge in [0, 0.05) is 10.9 Å². The van der Waals surface area contributed by atoms with Gasteiger partial charge in [-0.15, -0.1) is 0 Å². The van der Waals surface area contributed by atoms with Gasteiger partial charge in [0.2, 0.25) is 5.91 Å². The summed E-state index contributed by atoms with van der Waals surface area (Å²) in [5.41, 5.74) is 1.98. The van der Waals surface area contributed by atoms with Gasteiger partial charge in [0.25, 0.3) is 5.91 Å². The molecule has 2 aromatic heterocycles. The maximum Gasteiger partial charge on any atom is 0.343 e. The molecule has 2 aromatic carbocycles. The molecule has 0 atom stereocenters. The molecule has 2 N–H and O–H groups in total. The highest BCUT2D eigenvalue weighted by Gasteiger charge is 2.23. The van der Waals surface area contributed by atoms with Crippen LogP contribution in [0, 0.1) is 6.92 Å². The van der Waals surface area contributed by atoms with Crippen LogP contribution < -0.4 is 15.4 Å². The van der Waals surface area contributed by atoms with Gasteiger partial charge >= 0.3 is 5.97 Å². The molecule has 0 aliphatic rings. The fraction of sp³-hybridized carbons (Fsp3) is 0.192. The third-order valence-corrected chi connectivity index (χ3v) is 5.40. The summed E-state index contributed by atoms with van der Waals surface area (Å²) >= 11 is 0. The summed E-state index contributed by atoms with van der Waals surface area (Å²) in [4.78, 5) is 42.4. The Morgan fingerprint density at radius 1 is 1.06 bits per heavy atom. The average molecular weight is 488 g/mol. The molecule has 0 bridgehead atoms. The van der Waals surface area contributed by atoms with Crippen LogP contribution in [-0.2, 0) is 9.53 Å². The fourth-order valence-corrected chi connectivity index (χ4v) is 3.68. The Labute approximate surface area is 207 Å². The van der Waals surface area contributed by atoms with E-state index in [0.717, 1.165) is 10.9 Å². The van der Waals surface area contributed by atoms with Gasteiger partial charge in [-0.1, -0.05) is 30.3 Å². The number of hydrogen-bond acceptors (Lipinski definition) is 7. The molecule has 2 heterocycles. The van der Waals surface area contributed by atoms with E-state index in [9.17, 15) is 14.4 Å². The van der Waals surface area contributed by atoms with Gasteiger partial charge in [0.15, 0.2) is 11.6 Å². The molecule has 2 amide bonds. The summed E-state index contributed by atoms with van der Waals surface area (Å²) < 4.78 is 11.9. The number of pyridine rings is 1. The Morgan fingerprint density at radius 2 is 1.83 bits per heavy atom. The first kappa shape index (κ1) is 24.4. The zero-order valence-corrected chi connectivity index (χ0v) is 20.1. The van der Waals surface area contributed by atoms with E-state index in [1.807, 2.05) is 19.1 Å². The third-order valence-electron chi connectivity index (χ3n) is 5.40. The van der Waals surface area contributed by atoms with Crippen molar-refractivity contribution in [3.05, 3.63) is 77.5 Å². The molecule has 0 radical (unpaired) electrons. The summed E-state index contributed by atoms with van der Waals surface area (Å²) in [6, 6.07) is 15.9. The molecule has 10 heteroatoms. The number of hydrogen-bond donors (Lipinski definition) is 2. The van der Waals surface area contributed by atoms with Crippen molar-refractivity contribution in [3.63, 3.8) is 0 Å². The van der Waals surface area contributed by atoms with Crippen LogP contribution in [0.2, 0.25) is 0 Å². The maximum atomic E-state index is 12.8. The molecule has 36 heavy (non-hydrogen) atoms. The van der Waals surface area contributed by atoms with E-state index in [1.165, 1.54) is 10.9 Å². The largest absolute Gasteiger partial charge is 0.494 e. The number of ether oxygens (including phenoxy) is 2. The molecule has 184 valence electrons. The van der Waals surface area contributed by atoms with Crippen LogP contribution in [0.25, 0.3) is 16.7 Å². The number of amides is 2. The number of fused-ring (bicyclic) bond motifs is 1. The van der Waals surface area contributed by atoms with Crippen LogP contribution in [0.1, 0.15) is 33.2 Å². The molecule has 4 rings (SSSR count). The van der Waals surface area contributed by atoms with Crippen molar-refractivity contribution in [3.8, 4) is 11.6 Å². The van der Waals surface area contributed by atoms with Gasteiger partial charge in [-0.2, -0.15) is 9.78 Å². The second-order valence-electron chi connectivity index (χ2n) is 7.79. The summed E-state index contributed by atoms with van der Waals surface area (Å²) in [7, 11) is 1.56. The Kier molecular flexibility index (Phi) is 7.24. The minimum absolute atomic E-state index is 0.0548. The fourth-order valence-electron chi connectivity index (χ4n) is 3.68. The van der Waals surface area contributed by atoms with Crippen molar-refractivity contribution in [2.75, 3.05) is 25.6 Å². The van der Waals surface area contributed by atoms with Gasteiger partial charge < -0.3 is 20.1 Å². The third kappa shape index (κ3) is 5.02. The molecule has 4 aromatic rings. The quantitative estimate of drug-likeness (QED) is 0.366. The molecular formula is C26H25N5O5. The Bertz CT molecular complexity index is 1430. The molecule has 0 saturated carbocycles.